The van der Waals surface area contributed by atoms with E-state index in [0.29, 0.717) is 29.3 Å². The maximum Gasteiger partial charge on any atom is 0.259 e. The molecule has 0 atom stereocenters. The molecular formula is C26H30N2O4. The molecule has 6 nitrogen and oxygen atoms in total. The fourth-order valence-electron chi connectivity index (χ4n) is 7.20. The Morgan fingerprint density at radius 2 is 1.75 bits per heavy atom. The molecule has 168 valence electrons. The first-order valence-corrected chi connectivity index (χ1v) is 11.8. The molecule has 2 heterocycles. The van der Waals surface area contributed by atoms with Crippen molar-refractivity contribution in [2.24, 2.45) is 17.8 Å². The van der Waals surface area contributed by atoms with Gasteiger partial charge in [-0.25, -0.2) is 0 Å². The quantitative estimate of drug-likeness (QED) is 0.738. The zero-order valence-electron chi connectivity index (χ0n) is 18.8. The van der Waals surface area contributed by atoms with Gasteiger partial charge in [0.15, 0.2) is 6.61 Å². The third-order valence-corrected chi connectivity index (χ3v) is 8.11. The van der Waals surface area contributed by atoms with Gasteiger partial charge < -0.3 is 19.8 Å². The molecule has 0 spiro atoms. The lowest BCUT2D eigenvalue weighted by Crippen LogP contribution is -2.48. The van der Waals surface area contributed by atoms with Crippen molar-refractivity contribution in [3.63, 3.8) is 0 Å². The lowest BCUT2D eigenvalue weighted by atomic mass is 9.49. The fourth-order valence-corrected chi connectivity index (χ4v) is 7.20. The van der Waals surface area contributed by atoms with E-state index in [0.717, 1.165) is 34.6 Å². The van der Waals surface area contributed by atoms with Gasteiger partial charge in [-0.3, -0.25) is 9.59 Å². The van der Waals surface area contributed by atoms with Crippen LogP contribution in [-0.2, 0) is 16.8 Å². The van der Waals surface area contributed by atoms with Gasteiger partial charge in [-0.2, -0.15) is 0 Å². The number of ether oxygens (including phenoxy) is 1. The SMILES string of the molecule is Cc1cc2c(c(NC(=O)c3cc(C45CC6CC(CC(C6)C4)C5)oc3C)c1)OCC(=O)NC2. The summed E-state index contributed by atoms with van der Waals surface area (Å²) < 4.78 is 12.0. The minimum absolute atomic E-state index is 0.0557. The van der Waals surface area contributed by atoms with Crippen molar-refractivity contribution in [2.75, 3.05) is 11.9 Å². The van der Waals surface area contributed by atoms with Crippen LogP contribution >= 0.6 is 0 Å². The number of hydrogen-bond acceptors (Lipinski definition) is 4. The molecule has 1 aromatic heterocycles. The number of rotatable bonds is 3. The maximum atomic E-state index is 13.3. The molecule has 2 amide bonds. The maximum absolute atomic E-state index is 13.3. The van der Waals surface area contributed by atoms with E-state index in [4.69, 9.17) is 9.15 Å². The van der Waals surface area contributed by atoms with Crippen molar-refractivity contribution >= 4 is 17.5 Å². The molecule has 2 N–H and O–H groups in total. The van der Waals surface area contributed by atoms with E-state index >= 15 is 0 Å². The second kappa shape index (κ2) is 7.12. The van der Waals surface area contributed by atoms with E-state index in [-0.39, 0.29) is 23.8 Å². The molecule has 4 aliphatic carbocycles. The fraction of sp³-hybridized carbons (Fsp3) is 0.538. The van der Waals surface area contributed by atoms with Gasteiger partial charge in [-0.1, -0.05) is 6.07 Å². The van der Waals surface area contributed by atoms with Crippen LogP contribution in [0.4, 0.5) is 5.69 Å². The van der Waals surface area contributed by atoms with Gasteiger partial charge in [-0.05, 0) is 87.8 Å². The molecule has 2 aromatic rings. The zero-order chi connectivity index (χ0) is 22.0. The predicted molar refractivity (Wildman–Crippen MR) is 120 cm³/mol. The van der Waals surface area contributed by atoms with E-state index in [1.807, 2.05) is 32.0 Å². The van der Waals surface area contributed by atoms with Crippen molar-refractivity contribution < 1.29 is 18.7 Å². The van der Waals surface area contributed by atoms with Crippen molar-refractivity contribution in [1.82, 2.24) is 5.32 Å². The highest BCUT2D eigenvalue weighted by Gasteiger charge is 2.53. The number of hydrogen-bond donors (Lipinski definition) is 2. The molecule has 4 bridgehead atoms. The molecule has 7 rings (SSSR count). The Labute approximate surface area is 188 Å². The Hall–Kier alpha value is -2.76. The second-order valence-electron chi connectivity index (χ2n) is 10.6. The lowest BCUT2D eigenvalue weighted by molar-refractivity contribution is -0.122. The summed E-state index contributed by atoms with van der Waals surface area (Å²) in [5, 5.41) is 5.86. The van der Waals surface area contributed by atoms with E-state index in [2.05, 4.69) is 10.6 Å². The van der Waals surface area contributed by atoms with Gasteiger partial charge in [0, 0.05) is 17.5 Å². The highest BCUT2D eigenvalue weighted by molar-refractivity contribution is 6.06. The number of carbonyl (C=O) groups excluding carboxylic acids is 2. The van der Waals surface area contributed by atoms with Crippen molar-refractivity contribution in [1.29, 1.82) is 0 Å². The van der Waals surface area contributed by atoms with E-state index in [1.54, 1.807) is 0 Å². The van der Waals surface area contributed by atoms with Gasteiger partial charge in [0.25, 0.3) is 11.8 Å². The van der Waals surface area contributed by atoms with Crippen molar-refractivity contribution in [3.8, 4) is 5.75 Å². The van der Waals surface area contributed by atoms with Gasteiger partial charge in [0.1, 0.15) is 17.3 Å². The van der Waals surface area contributed by atoms with Crippen LogP contribution in [0.5, 0.6) is 5.75 Å². The first-order chi connectivity index (χ1) is 15.4. The topological polar surface area (TPSA) is 80.6 Å². The van der Waals surface area contributed by atoms with Crippen LogP contribution in [0.1, 0.15) is 71.5 Å². The molecule has 0 radical (unpaired) electrons. The second-order valence-corrected chi connectivity index (χ2v) is 10.6. The predicted octanol–water partition coefficient (Wildman–Crippen LogP) is 4.63. The average Bonchev–Trinajstić information content (AvgIpc) is 3.03. The Morgan fingerprint density at radius 3 is 2.44 bits per heavy atom. The van der Waals surface area contributed by atoms with Crippen LogP contribution in [0.3, 0.4) is 0 Å². The first kappa shape index (κ1) is 19.9. The number of anilines is 1. The number of amides is 2. The summed E-state index contributed by atoms with van der Waals surface area (Å²) in [7, 11) is 0. The first-order valence-electron chi connectivity index (χ1n) is 11.8. The Bertz CT molecular complexity index is 1080. The van der Waals surface area contributed by atoms with Crippen molar-refractivity contribution in [3.05, 3.63) is 46.4 Å². The summed E-state index contributed by atoms with van der Waals surface area (Å²) in [6.07, 6.45) is 7.74. The minimum atomic E-state index is -0.192. The summed E-state index contributed by atoms with van der Waals surface area (Å²) in [6.45, 7) is 4.19. The van der Waals surface area contributed by atoms with Crippen LogP contribution < -0.4 is 15.4 Å². The Balaban J connectivity index is 1.29. The van der Waals surface area contributed by atoms with Gasteiger partial charge in [0.2, 0.25) is 0 Å². The van der Waals surface area contributed by atoms with Crippen molar-refractivity contribution in [2.45, 2.75) is 64.3 Å². The van der Waals surface area contributed by atoms with Crippen LogP contribution in [0.2, 0.25) is 0 Å². The molecule has 4 fully saturated rings. The Kier molecular flexibility index (Phi) is 4.43. The van der Waals surface area contributed by atoms with Gasteiger partial charge in [-0.15, -0.1) is 0 Å². The number of furan rings is 1. The van der Waals surface area contributed by atoms with Crippen LogP contribution in [0, 0.1) is 31.6 Å². The highest BCUT2D eigenvalue weighted by atomic mass is 16.5. The minimum Gasteiger partial charge on any atom is -0.481 e. The average molecular weight is 435 g/mol. The molecule has 1 aromatic carbocycles. The number of nitrogens with one attached hydrogen (secondary N) is 2. The van der Waals surface area contributed by atoms with E-state index in [1.165, 1.54) is 38.5 Å². The highest BCUT2D eigenvalue weighted by Crippen LogP contribution is 2.61. The largest absolute Gasteiger partial charge is 0.481 e. The number of aryl methyl sites for hydroxylation is 2. The molecule has 4 saturated carbocycles. The van der Waals surface area contributed by atoms with Crippen LogP contribution in [-0.4, -0.2) is 18.4 Å². The summed E-state index contributed by atoms with van der Waals surface area (Å²) in [5.41, 5.74) is 3.17. The molecule has 1 aliphatic heterocycles. The third-order valence-electron chi connectivity index (χ3n) is 8.11. The zero-order valence-corrected chi connectivity index (χ0v) is 18.8. The monoisotopic (exact) mass is 434 g/mol. The van der Waals surface area contributed by atoms with Crippen LogP contribution in [0.15, 0.2) is 22.6 Å². The number of benzene rings is 1. The standard InChI is InChI=1S/C26H30N2O4/c1-14-3-19-12-27-23(29)13-31-24(19)21(4-14)28-25(30)20-8-22(32-15(20)2)26-9-16-5-17(10-26)7-18(6-16)11-26/h3-4,8,16-18H,5-7,9-13H2,1-2H3,(H,27,29)(H,28,30). The van der Waals surface area contributed by atoms with E-state index in [9.17, 15) is 9.59 Å². The van der Waals surface area contributed by atoms with Gasteiger partial charge >= 0.3 is 0 Å². The molecular weight excluding hydrogens is 404 g/mol. The molecule has 32 heavy (non-hydrogen) atoms. The summed E-state index contributed by atoms with van der Waals surface area (Å²) in [5.74, 6) is 4.34. The van der Waals surface area contributed by atoms with Gasteiger partial charge in [0.05, 0.1) is 11.3 Å². The molecule has 5 aliphatic rings. The summed E-state index contributed by atoms with van der Waals surface area (Å²) >= 11 is 0. The number of fused-ring (bicyclic) bond motifs is 1. The van der Waals surface area contributed by atoms with Crippen LogP contribution in [0.25, 0.3) is 0 Å². The summed E-state index contributed by atoms with van der Waals surface area (Å²) in [6, 6.07) is 5.87. The third kappa shape index (κ3) is 3.23. The normalized spacial score (nSPS) is 30.3. The molecule has 6 heteroatoms. The lowest BCUT2D eigenvalue weighted by Gasteiger charge is -2.55. The summed E-state index contributed by atoms with van der Waals surface area (Å²) in [4.78, 5) is 25.1. The molecule has 0 unspecified atom stereocenters. The molecule has 0 saturated heterocycles. The van der Waals surface area contributed by atoms with E-state index < -0.39 is 0 Å². The smallest absolute Gasteiger partial charge is 0.259 e. The Morgan fingerprint density at radius 1 is 1.06 bits per heavy atom. The number of carbonyl (C=O) groups is 2.